The van der Waals surface area contributed by atoms with Gasteiger partial charge in [-0.3, -0.25) is 0 Å². The predicted molar refractivity (Wildman–Crippen MR) is 58.1 cm³/mol. The first kappa shape index (κ1) is 12.0. The molecule has 0 aliphatic heterocycles. The normalized spacial score (nSPS) is 10.1. The van der Waals surface area contributed by atoms with Crippen LogP contribution in [0.1, 0.15) is 0 Å². The highest BCUT2D eigenvalue weighted by atomic mass is 79.9. The van der Waals surface area contributed by atoms with Gasteiger partial charge in [-0.15, -0.1) is 0 Å². The fraction of sp³-hybridized carbons (Fsp3) is 0.500. The smallest absolute Gasteiger partial charge is 0.237 e. The topological polar surface area (TPSA) is 79.5 Å². The van der Waals surface area contributed by atoms with E-state index in [-0.39, 0.29) is 5.95 Å². The highest BCUT2D eigenvalue weighted by Crippen LogP contribution is 2.31. The number of anilines is 1. The Kier molecular flexibility index (Phi) is 4.57. The lowest BCUT2D eigenvalue weighted by molar-refractivity contribution is 0.143. The van der Waals surface area contributed by atoms with E-state index in [1.54, 1.807) is 7.11 Å². The van der Waals surface area contributed by atoms with Crippen molar-refractivity contribution in [2.45, 2.75) is 0 Å². The number of nitrogens with two attached hydrogens (primary N) is 1. The molecule has 0 amide bonds. The van der Waals surface area contributed by atoms with Crippen molar-refractivity contribution in [3.8, 4) is 11.8 Å². The minimum Gasteiger partial charge on any atom is -0.480 e. The van der Waals surface area contributed by atoms with E-state index in [1.165, 1.54) is 7.11 Å². The molecule has 7 heteroatoms. The zero-order chi connectivity index (χ0) is 11.3. The lowest BCUT2D eigenvalue weighted by atomic mass is 10.6. The van der Waals surface area contributed by atoms with Crippen LogP contribution < -0.4 is 15.2 Å². The van der Waals surface area contributed by atoms with Crippen molar-refractivity contribution in [3.05, 3.63) is 4.47 Å². The van der Waals surface area contributed by atoms with E-state index in [0.717, 1.165) is 0 Å². The third kappa shape index (κ3) is 3.21. The molecular weight excluding hydrogens is 266 g/mol. The Bertz CT molecular complexity index is 335. The van der Waals surface area contributed by atoms with Crippen LogP contribution in [-0.2, 0) is 4.74 Å². The van der Waals surface area contributed by atoms with Gasteiger partial charge in [0, 0.05) is 7.11 Å². The fourth-order valence-corrected chi connectivity index (χ4v) is 1.33. The predicted octanol–water partition coefficient (Wildman–Crippen LogP) is 0.855. The summed E-state index contributed by atoms with van der Waals surface area (Å²) in [6, 6.07) is 0. The summed E-state index contributed by atoms with van der Waals surface area (Å²) in [5, 5.41) is 0. The van der Waals surface area contributed by atoms with Crippen LogP contribution in [0.15, 0.2) is 4.47 Å². The average molecular weight is 278 g/mol. The molecule has 0 fully saturated rings. The van der Waals surface area contributed by atoms with Crippen LogP contribution in [0.4, 0.5) is 5.95 Å². The van der Waals surface area contributed by atoms with E-state index in [9.17, 15) is 0 Å². The summed E-state index contributed by atoms with van der Waals surface area (Å²) in [7, 11) is 3.08. The molecule has 84 valence electrons. The van der Waals surface area contributed by atoms with E-state index in [4.69, 9.17) is 19.9 Å². The Morgan fingerprint density at radius 1 is 1.20 bits per heavy atom. The SMILES string of the molecule is COCCOc1nc(N)nc(OC)c1Br. The summed E-state index contributed by atoms with van der Waals surface area (Å²) < 4.78 is 15.7. The molecule has 1 aromatic rings. The Morgan fingerprint density at radius 3 is 2.47 bits per heavy atom. The largest absolute Gasteiger partial charge is 0.480 e. The zero-order valence-corrected chi connectivity index (χ0v) is 10.1. The number of aromatic nitrogens is 2. The average Bonchev–Trinajstić information content (AvgIpc) is 2.23. The molecule has 0 unspecified atom stereocenters. The van der Waals surface area contributed by atoms with E-state index in [0.29, 0.717) is 29.4 Å². The van der Waals surface area contributed by atoms with Gasteiger partial charge in [-0.2, -0.15) is 9.97 Å². The lowest BCUT2D eigenvalue weighted by Crippen LogP contribution is -2.08. The molecule has 2 N–H and O–H groups in total. The van der Waals surface area contributed by atoms with Gasteiger partial charge in [-0.1, -0.05) is 0 Å². The summed E-state index contributed by atoms with van der Waals surface area (Å²) in [5.74, 6) is 0.786. The summed E-state index contributed by atoms with van der Waals surface area (Å²) >= 11 is 3.26. The first-order valence-corrected chi connectivity index (χ1v) is 4.97. The van der Waals surface area contributed by atoms with Crippen molar-refractivity contribution in [2.75, 3.05) is 33.2 Å². The molecule has 0 aliphatic rings. The molecule has 0 bridgehead atoms. The first-order chi connectivity index (χ1) is 7.19. The molecule has 6 nitrogen and oxygen atoms in total. The minimum atomic E-state index is 0.0995. The number of nitrogens with zero attached hydrogens (tertiary/aromatic N) is 2. The number of methoxy groups -OCH3 is 2. The molecular formula is C8H12BrN3O3. The molecule has 15 heavy (non-hydrogen) atoms. The number of nitrogen functional groups attached to an aromatic ring is 1. The number of hydrogen-bond donors (Lipinski definition) is 1. The summed E-state index contributed by atoms with van der Waals surface area (Å²) in [4.78, 5) is 7.78. The van der Waals surface area contributed by atoms with Crippen LogP contribution >= 0.6 is 15.9 Å². The van der Waals surface area contributed by atoms with Crippen molar-refractivity contribution in [2.24, 2.45) is 0 Å². The second-order valence-corrected chi connectivity index (χ2v) is 3.34. The first-order valence-electron chi connectivity index (χ1n) is 4.17. The molecule has 1 heterocycles. The Balaban J connectivity index is 2.81. The Morgan fingerprint density at radius 2 is 1.87 bits per heavy atom. The molecule has 0 atom stereocenters. The van der Waals surface area contributed by atoms with Gasteiger partial charge >= 0.3 is 0 Å². The second-order valence-electron chi connectivity index (χ2n) is 2.55. The quantitative estimate of drug-likeness (QED) is 0.804. The summed E-state index contributed by atoms with van der Waals surface area (Å²) in [6.07, 6.45) is 0. The third-order valence-electron chi connectivity index (χ3n) is 1.53. The number of hydrogen-bond acceptors (Lipinski definition) is 6. The van der Waals surface area contributed by atoms with E-state index in [1.807, 2.05) is 0 Å². The minimum absolute atomic E-state index is 0.0995. The maximum Gasteiger partial charge on any atom is 0.237 e. The maximum absolute atomic E-state index is 5.47. The Labute approximate surface area is 95.9 Å². The standard InChI is InChI=1S/C8H12BrN3O3/c1-13-3-4-15-7-5(9)6(14-2)11-8(10)12-7/h3-4H2,1-2H3,(H2,10,11,12). The van der Waals surface area contributed by atoms with E-state index in [2.05, 4.69) is 25.9 Å². The van der Waals surface area contributed by atoms with Gasteiger partial charge in [0.2, 0.25) is 17.7 Å². The summed E-state index contributed by atoms with van der Waals surface area (Å²) in [6.45, 7) is 0.855. The van der Waals surface area contributed by atoms with Crippen LogP contribution in [0.25, 0.3) is 0 Å². The maximum atomic E-state index is 5.47. The van der Waals surface area contributed by atoms with Crippen LogP contribution in [0.2, 0.25) is 0 Å². The van der Waals surface area contributed by atoms with Gasteiger partial charge in [-0.05, 0) is 15.9 Å². The molecule has 1 aromatic heterocycles. The van der Waals surface area contributed by atoms with Gasteiger partial charge in [0.05, 0.1) is 13.7 Å². The molecule has 0 radical (unpaired) electrons. The van der Waals surface area contributed by atoms with Gasteiger partial charge in [0.15, 0.2) is 0 Å². The molecule has 0 spiro atoms. The van der Waals surface area contributed by atoms with Crippen molar-refractivity contribution >= 4 is 21.9 Å². The second kappa shape index (κ2) is 5.72. The molecule has 0 aliphatic carbocycles. The van der Waals surface area contributed by atoms with Crippen LogP contribution in [0, 0.1) is 0 Å². The van der Waals surface area contributed by atoms with Crippen LogP contribution in [0.5, 0.6) is 11.8 Å². The monoisotopic (exact) mass is 277 g/mol. The van der Waals surface area contributed by atoms with Gasteiger partial charge in [0.25, 0.3) is 0 Å². The fourth-order valence-electron chi connectivity index (χ4n) is 0.875. The van der Waals surface area contributed by atoms with Gasteiger partial charge in [0.1, 0.15) is 11.1 Å². The Hall–Kier alpha value is -1.08. The molecule has 0 aromatic carbocycles. The van der Waals surface area contributed by atoms with Crippen molar-refractivity contribution in [1.82, 2.24) is 9.97 Å². The van der Waals surface area contributed by atoms with E-state index >= 15 is 0 Å². The number of ether oxygens (including phenoxy) is 3. The van der Waals surface area contributed by atoms with Crippen LogP contribution in [0.3, 0.4) is 0 Å². The van der Waals surface area contributed by atoms with Gasteiger partial charge < -0.3 is 19.9 Å². The highest BCUT2D eigenvalue weighted by molar-refractivity contribution is 9.10. The van der Waals surface area contributed by atoms with Crippen molar-refractivity contribution in [1.29, 1.82) is 0 Å². The highest BCUT2D eigenvalue weighted by Gasteiger charge is 2.12. The van der Waals surface area contributed by atoms with E-state index < -0.39 is 0 Å². The van der Waals surface area contributed by atoms with Crippen LogP contribution in [-0.4, -0.2) is 37.4 Å². The van der Waals surface area contributed by atoms with Crippen molar-refractivity contribution in [3.63, 3.8) is 0 Å². The number of rotatable bonds is 5. The molecule has 0 saturated carbocycles. The lowest BCUT2D eigenvalue weighted by Gasteiger charge is -2.09. The molecule has 1 rings (SSSR count). The number of halogens is 1. The zero-order valence-electron chi connectivity index (χ0n) is 8.49. The van der Waals surface area contributed by atoms with Crippen molar-refractivity contribution < 1.29 is 14.2 Å². The molecule has 0 saturated heterocycles. The third-order valence-corrected chi connectivity index (χ3v) is 2.21. The van der Waals surface area contributed by atoms with Gasteiger partial charge in [-0.25, -0.2) is 0 Å². The summed E-state index contributed by atoms with van der Waals surface area (Å²) in [5.41, 5.74) is 5.47.